The van der Waals surface area contributed by atoms with Gasteiger partial charge in [0.05, 0.1) is 16.3 Å². The second-order valence-electron chi connectivity index (χ2n) is 6.62. The lowest BCUT2D eigenvalue weighted by molar-refractivity contribution is 0.242. The van der Waals surface area contributed by atoms with Gasteiger partial charge in [0.2, 0.25) is 5.95 Å². The Morgan fingerprint density at radius 1 is 1.19 bits per heavy atom. The molecule has 1 atom stereocenters. The molecule has 1 aliphatic rings. The van der Waals surface area contributed by atoms with Crippen LogP contribution in [0.5, 0.6) is 0 Å². The number of rotatable bonds is 4. The third-order valence-electron chi connectivity index (χ3n) is 4.56. The summed E-state index contributed by atoms with van der Waals surface area (Å²) in [6, 6.07) is 4.49. The third-order valence-corrected chi connectivity index (χ3v) is 5.71. The van der Waals surface area contributed by atoms with Gasteiger partial charge in [-0.05, 0) is 30.7 Å². The summed E-state index contributed by atoms with van der Waals surface area (Å²) in [7, 11) is 0. The van der Waals surface area contributed by atoms with Crippen LogP contribution in [0.3, 0.4) is 0 Å². The van der Waals surface area contributed by atoms with E-state index < -0.39 is 0 Å². The van der Waals surface area contributed by atoms with E-state index in [2.05, 4.69) is 24.8 Å². The van der Waals surface area contributed by atoms with Crippen LogP contribution in [-0.4, -0.2) is 52.6 Å². The molecular formula is C18H22BrFN6S. The molecule has 2 aromatic heterocycles. The Labute approximate surface area is 172 Å². The van der Waals surface area contributed by atoms with E-state index in [0.717, 1.165) is 59.5 Å². The number of nitrogens with zero attached hydrogens (tertiary/aromatic N) is 5. The predicted octanol–water partition coefficient (Wildman–Crippen LogP) is 2.93. The zero-order valence-corrected chi connectivity index (χ0v) is 17.5. The smallest absolute Gasteiger partial charge is 0.225 e. The molecule has 0 amide bonds. The highest BCUT2D eigenvalue weighted by molar-refractivity contribution is 8.93. The second kappa shape index (κ2) is 8.55. The van der Waals surface area contributed by atoms with Gasteiger partial charge in [-0.1, -0.05) is 0 Å². The van der Waals surface area contributed by atoms with E-state index in [1.165, 1.54) is 23.5 Å². The highest BCUT2D eigenvalue weighted by Gasteiger charge is 2.22. The van der Waals surface area contributed by atoms with Crippen molar-refractivity contribution in [3.8, 4) is 0 Å². The van der Waals surface area contributed by atoms with Crippen LogP contribution in [0.15, 0.2) is 30.6 Å². The average Bonchev–Trinajstić information content (AvgIpc) is 3.06. The maximum atomic E-state index is 13.3. The third kappa shape index (κ3) is 4.60. The van der Waals surface area contributed by atoms with E-state index in [1.807, 2.05) is 19.3 Å². The lowest BCUT2D eigenvalue weighted by Gasteiger charge is -2.35. The fourth-order valence-corrected chi connectivity index (χ4v) is 4.10. The normalized spacial score (nSPS) is 16.3. The van der Waals surface area contributed by atoms with Crippen LogP contribution < -0.4 is 10.6 Å². The van der Waals surface area contributed by atoms with Crippen LogP contribution in [0.1, 0.15) is 16.6 Å². The summed E-state index contributed by atoms with van der Waals surface area (Å²) >= 11 is 1.47. The van der Waals surface area contributed by atoms with Crippen LogP contribution in [0.25, 0.3) is 10.2 Å². The Morgan fingerprint density at radius 2 is 1.89 bits per heavy atom. The van der Waals surface area contributed by atoms with Crippen molar-refractivity contribution in [1.82, 2.24) is 19.9 Å². The van der Waals surface area contributed by atoms with Crippen LogP contribution in [-0.2, 0) is 0 Å². The minimum atomic E-state index is -0.240. The van der Waals surface area contributed by atoms with Gasteiger partial charge in [-0.3, -0.25) is 4.90 Å². The van der Waals surface area contributed by atoms with Crippen molar-refractivity contribution in [2.75, 3.05) is 37.6 Å². The summed E-state index contributed by atoms with van der Waals surface area (Å²) in [4.78, 5) is 17.9. The highest BCUT2D eigenvalue weighted by atomic mass is 79.9. The van der Waals surface area contributed by atoms with E-state index in [4.69, 9.17) is 5.73 Å². The van der Waals surface area contributed by atoms with E-state index in [1.54, 1.807) is 6.07 Å². The van der Waals surface area contributed by atoms with Gasteiger partial charge in [-0.15, -0.1) is 28.3 Å². The summed E-state index contributed by atoms with van der Waals surface area (Å²) in [5.41, 5.74) is 8.24. The monoisotopic (exact) mass is 452 g/mol. The molecule has 27 heavy (non-hydrogen) atoms. The minimum Gasteiger partial charge on any atom is -0.338 e. The number of nitrogens with two attached hydrogens (primary N) is 1. The van der Waals surface area contributed by atoms with Crippen LogP contribution in [0.4, 0.5) is 10.3 Å². The van der Waals surface area contributed by atoms with Gasteiger partial charge in [0, 0.05) is 45.1 Å². The molecule has 0 spiro atoms. The van der Waals surface area contributed by atoms with Crippen molar-refractivity contribution in [3.63, 3.8) is 0 Å². The molecule has 2 N–H and O–H groups in total. The first-order chi connectivity index (χ1) is 12.6. The molecule has 0 radical (unpaired) electrons. The second-order valence-corrected chi connectivity index (χ2v) is 7.68. The van der Waals surface area contributed by atoms with E-state index >= 15 is 0 Å². The van der Waals surface area contributed by atoms with Gasteiger partial charge in [-0.25, -0.2) is 19.3 Å². The molecule has 1 saturated heterocycles. The van der Waals surface area contributed by atoms with Gasteiger partial charge in [0.15, 0.2) is 0 Å². The van der Waals surface area contributed by atoms with Crippen molar-refractivity contribution >= 4 is 44.5 Å². The maximum Gasteiger partial charge on any atom is 0.225 e. The average molecular weight is 453 g/mol. The molecule has 6 nitrogen and oxygen atoms in total. The van der Waals surface area contributed by atoms with Gasteiger partial charge < -0.3 is 10.6 Å². The Bertz CT molecular complexity index is 895. The number of anilines is 1. The van der Waals surface area contributed by atoms with Gasteiger partial charge >= 0.3 is 0 Å². The van der Waals surface area contributed by atoms with Crippen LogP contribution >= 0.6 is 28.3 Å². The molecule has 0 saturated carbocycles. The maximum absolute atomic E-state index is 13.3. The summed E-state index contributed by atoms with van der Waals surface area (Å²) in [5, 5.41) is 0.856. The first kappa shape index (κ1) is 20.1. The Balaban J connectivity index is 0.00000210. The van der Waals surface area contributed by atoms with Crippen LogP contribution in [0, 0.1) is 12.7 Å². The SMILES string of the molecule is Br.Cc1cnc(N2CCN(CC(N)c3nc4ccc(F)cc4s3)CC2)nc1. The Morgan fingerprint density at radius 3 is 2.59 bits per heavy atom. The molecule has 1 aliphatic heterocycles. The first-order valence-corrected chi connectivity index (χ1v) is 9.47. The van der Waals surface area contributed by atoms with Crippen molar-refractivity contribution in [2.45, 2.75) is 13.0 Å². The number of piperazine rings is 1. The van der Waals surface area contributed by atoms with Crippen molar-refractivity contribution in [1.29, 1.82) is 0 Å². The van der Waals surface area contributed by atoms with Gasteiger partial charge in [0.1, 0.15) is 10.8 Å². The minimum absolute atomic E-state index is 0. The Kier molecular flexibility index (Phi) is 6.36. The van der Waals surface area contributed by atoms with Gasteiger partial charge in [-0.2, -0.15) is 0 Å². The number of thiazole rings is 1. The summed E-state index contributed by atoms with van der Waals surface area (Å²) in [5.74, 6) is 0.545. The highest BCUT2D eigenvalue weighted by Crippen LogP contribution is 2.27. The number of hydrogen-bond acceptors (Lipinski definition) is 7. The van der Waals surface area contributed by atoms with Crippen molar-refractivity contribution in [3.05, 3.63) is 47.0 Å². The molecular weight excluding hydrogens is 431 g/mol. The number of benzene rings is 1. The quantitative estimate of drug-likeness (QED) is 0.655. The standard InChI is InChI=1S/C18H21FN6S.BrH/c1-12-9-21-18(22-10-12)25-6-4-24(5-7-25)11-14(20)17-23-15-3-2-13(19)8-16(15)26-17;/h2-3,8-10,14H,4-7,11,20H2,1H3;1H. The zero-order chi connectivity index (χ0) is 18.1. The number of aryl methyl sites for hydroxylation is 1. The number of fused-ring (bicyclic) bond motifs is 1. The van der Waals surface area contributed by atoms with Crippen LogP contribution in [0.2, 0.25) is 0 Å². The van der Waals surface area contributed by atoms with Crippen molar-refractivity contribution in [2.24, 2.45) is 5.73 Å². The molecule has 144 valence electrons. The number of halogens is 2. The summed E-state index contributed by atoms with van der Waals surface area (Å²) in [6.07, 6.45) is 3.70. The summed E-state index contributed by atoms with van der Waals surface area (Å²) < 4.78 is 14.2. The van der Waals surface area contributed by atoms with E-state index in [0.29, 0.717) is 0 Å². The Hall–Kier alpha value is -1.68. The number of hydrogen-bond donors (Lipinski definition) is 1. The molecule has 9 heteroatoms. The molecule has 1 aromatic carbocycles. The predicted molar refractivity (Wildman–Crippen MR) is 112 cm³/mol. The fourth-order valence-electron chi connectivity index (χ4n) is 3.11. The molecule has 3 heterocycles. The van der Waals surface area contributed by atoms with E-state index in [-0.39, 0.29) is 28.8 Å². The lowest BCUT2D eigenvalue weighted by Crippen LogP contribution is -2.48. The van der Waals surface area contributed by atoms with E-state index in [9.17, 15) is 4.39 Å². The van der Waals surface area contributed by atoms with Gasteiger partial charge in [0.25, 0.3) is 0 Å². The molecule has 3 aromatic rings. The largest absolute Gasteiger partial charge is 0.338 e. The lowest BCUT2D eigenvalue weighted by atomic mass is 10.2. The van der Waals surface area contributed by atoms with Crippen molar-refractivity contribution < 1.29 is 4.39 Å². The molecule has 1 fully saturated rings. The number of aromatic nitrogens is 3. The molecule has 0 aliphatic carbocycles. The molecule has 1 unspecified atom stereocenters. The fraction of sp³-hybridized carbons (Fsp3) is 0.389. The summed E-state index contributed by atoms with van der Waals surface area (Å²) in [6.45, 7) is 6.29. The molecule has 4 rings (SSSR count). The topological polar surface area (TPSA) is 71.2 Å². The first-order valence-electron chi connectivity index (χ1n) is 8.66. The zero-order valence-electron chi connectivity index (χ0n) is 15.0. The molecule has 0 bridgehead atoms.